The second kappa shape index (κ2) is 12.5. The van der Waals surface area contributed by atoms with Crippen molar-refractivity contribution in [3.05, 3.63) is 54.4 Å². The number of hydrogen-bond acceptors (Lipinski definition) is 9. The summed E-state index contributed by atoms with van der Waals surface area (Å²) in [5.74, 6) is 5.06. The van der Waals surface area contributed by atoms with Gasteiger partial charge in [-0.15, -0.1) is 11.8 Å². The van der Waals surface area contributed by atoms with Crippen LogP contribution in [0.4, 0.5) is 5.69 Å². The van der Waals surface area contributed by atoms with E-state index in [9.17, 15) is 19.5 Å². The molecule has 2 aliphatic heterocycles. The maximum Gasteiger partial charge on any atom is 0.330 e. The Kier molecular flexibility index (Phi) is 8.81. The number of anilines is 1. The zero-order chi connectivity index (χ0) is 27.4. The van der Waals surface area contributed by atoms with Crippen LogP contribution in [-0.2, 0) is 25.5 Å². The molecule has 3 N–H and O–H groups in total. The molecule has 3 aliphatic rings. The first kappa shape index (κ1) is 27.6. The molecule has 10 nitrogen and oxygen atoms in total. The minimum Gasteiger partial charge on any atom is -0.445 e. The molecule has 0 bridgehead atoms. The summed E-state index contributed by atoms with van der Waals surface area (Å²) in [4.78, 5) is 49.2. The van der Waals surface area contributed by atoms with Gasteiger partial charge in [0, 0.05) is 36.3 Å². The molecular formula is C28H35N5O5S. The number of para-hydroxylation sites is 1. The second-order valence-corrected chi connectivity index (χ2v) is 11.3. The molecule has 11 heteroatoms. The minimum atomic E-state index is -1.55. The van der Waals surface area contributed by atoms with Crippen molar-refractivity contribution in [2.45, 2.75) is 80.8 Å². The van der Waals surface area contributed by atoms with Gasteiger partial charge in [-0.1, -0.05) is 37.5 Å². The minimum absolute atomic E-state index is 0.0972. The van der Waals surface area contributed by atoms with Crippen molar-refractivity contribution in [1.82, 2.24) is 14.8 Å². The van der Waals surface area contributed by atoms with E-state index in [0.29, 0.717) is 30.6 Å². The van der Waals surface area contributed by atoms with Gasteiger partial charge in [0.25, 0.3) is 5.91 Å². The number of pyridine rings is 1. The van der Waals surface area contributed by atoms with E-state index in [2.05, 4.69) is 4.98 Å². The number of carbonyl (C=O) groups excluding carboxylic acids is 3. The Labute approximate surface area is 232 Å². The van der Waals surface area contributed by atoms with Crippen LogP contribution in [0.25, 0.3) is 0 Å². The molecule has 2 fully saturated rings. The van der Waals surface area contributed by atoms with Crippen molar-refractivity contribution in [2.24, 2.45) is 5.84 Å². The third-order valence-corrected chi connectivity index (χ3v) is 8.80. The van der Waals surface area contributed by atoms with Gasteiger partial charge in [0.05, 0.1) is 11.4 Å². The van der Waals surface area contributed by atoms with Gasteiger partial charge < -0.3 is 14.7 Å². The Bertz CT molecular complexity index is 1180. The Balaban J connectivity index is 1.52. The average Bonchev–Trinajstić information content (AvgIpc) is 3.43. The van der Waals surface area contributed by atoms with Crippen LogP contribution in [0, 0.1) is 0 Å². The maximum atomic E-state index is 14.0. The molecule has 1 saturated heterocycles. The van der Waals surface area contributed by atoms with E-state index in [1.54, 1.807) is 41.6 Å². The average molecular weight is 554 g/mol. The van der Waals surface area contributed by atoms with E-state index in [4.69, 9.17) is 10.6 Å². The quantitative estimate of drug-likeness (QED) is 0.248. The van der Waals surface area contributed by atoms with Gasteiger partial charge in [0.15, 0.2) is 12.5 Å². The SMILES string of the molecule is NN1C(=O)C(O)N2CCCC2OC(=O)C(N(C(=O)CSc2ccncc2)C2CCCCC2)Cc2ccccc21. The van der Waals surface area contributed by atoms with Gasteiger partial charge in [-0.25, -0.2) is 20.5 Å². The molecule has 3 atom stereocenters. The molecule has 0 radical (unpaired) electrons. The maximum absolute atomic E-state index is 14.0. The Morgan fingerprint density at radius 2 is 1.82 bits per heavy atom. The number of hydrogen-bond donors (Lipinski definition) is 2. The monoisotopic (exact) mass is 553 g/mol. The number of rotatable bonds is 5. The van der Waals surface area contributed by atoms with Crippen molar-refractivity contribution in [3.8, 4) is 0 Å². The number of ether oxygens (including phenoxy) is 1. The van der Waals surface area contributed by atoms with E-state index in [1.165, 1.54) is 16.7 Å². The molecule has 1 aromatic heterocycles. The summed E-state index contributed by atoms with van der Waals surface area (Å²) >= 11 is 1.41. The molecule has 5 rings (SSSR count). The highest BCUT2D eigenvalue weighted by atomic mass is 32.2. The highest BCUT2D eigenvalue weighted by Gasteiger charge is 2.43. The molecule has 3 heterocycles. The van der Waals surface area contributed by atoms with Crippen LogP contribution in [0.1, 0.15) is 50.5 Å². The summed E-state index contributed by atoms with van der Waals surface area (Å²) in [6, 6.07) is 9.75. The Hall–Kier alpha value is -2.99. The number of aliphatic hydroxyl groups is 1. The number of amides is 2. The smallest absolute Gasteiger partial charge is 0.330 e. The number of benzene rings is 1. The fourth-order valence-electron chi connectivity index (χ4n) is 5.83. The molecule has 1 saturated carbocycles. The summed E-state index contributed by atoms with van der Waals surface area (Å²) in [6.45, 7) is 0.388. The van der Waals surface area contributed by atoms with Gasteiger partial charge in [-0.2, -0.15) is 0 Å². The van der Waals surface area contributed by atoms with Crippen molar-refractivity contribution in [2.75, 3.05) is 17.3 Å². The van der Waals surface area contributed by atoms with Crippen LogP contribution in [0.3, 0.4) is 0 Å². The molecule has 1 aliphatic carbocycles. The lowest BCUT2D eigenvalue weighted by Gasteiger charge is -2.39. The number of esters is 1. The summed E-state index contributed by atoms with van der Waals surface area (Å²) in [7, 11) is 0. The van der Waals surface area contributed by atoms with Crippen molar-refractivity contribution in [3.63, 3.8) is 0 Å². The predicted octanol–water partition coefficient (Wildman–Crippen LogP) is 2.45. The standard InChI is InChI=1S/C28H35N5O5S/c29-33-22-10-5-4-7-19(22)17-23(28(37)38-25-11-6-16-31(25)26(35)27(33)36)32(20-8-2-1-3-9-20)24(34)18-39-21-12-14-30-15-13-21/h4-5,7,10,12-15,20,23,25-26,35H,1-3,6,8-9,11,16-18,29H2. The topological polar surface area (TPSA) is 129 Å². The van der Waals surface area contributed by atoms with Crippen LogP contribution in [0.15, 0.2) is 53.7 Å². The first-order valence-electron chi connectivity index (χ1n) is 13.6. The lowest BCUT2D eigenvalue weighted by Crippen LogP contribution is -2.55. The number of thioether (sulfide) groups is 1. The summed E-state index contributed by atoms with van der Waals surface area (Å²) in [5, 5.41) is 11.8. The number of nitrogens with two attached hydrogens (primary N) is 1. The van der Waals surface area contributed by atoms with Crippen LogP contribution >= 0.6 is 11.8 Å². The van der Waals surface area contributed by atoms with Crippen LogP contribution in [-0.4, -0.2) is 74.5 Å². The van der Waals surface area contributed by atoms with Gasteiger partial charge in [-0.3, -0.25) is 14.6 Å². The number of carbonyl (C=O) groups is 3. The number of aromatic nitrogens is 1. The molecule has 208 valence electrons. The highest BCUT2D eigenvalue weighted by molar-refractivity contribution is 8.00. The molecule has 2 amide bonds. The van der Waals surface area contributed by atoms with Crippen molar-refractivity contribution < 1.29 is 24.2 Å². The first-order chi connectivity index (χ1) is 18.9. The molecule has 1 aromatic carbocycles. The Morgan fingerprint density at radius 1 is 1.08 bits per heavy atom. The van der Waals surface area contributed by atoms with Crippen LogP contribution < -0.4 is 10.9 Å². The van der Waals surface area contributed by atoms with Crippen LogP contribution in [0.2, 0.25) is 0 Å². The zero-order valence-corrected chi connectivity index (χ0v) is 22.7. The van der Waals surface area contributed by atoms with E-state index >= 15 is 0 Å². The van der Waals surface area contributed by atoms with E-state index in [1.807, 2.05) is 12.1 Å². The van der Waals surface area contributed by atoms with E-state index in [0.717, 1.165) is 42.0 Å². The van der Waals surface area contributed by atoms with Crippen molar-refractivity contribution >= 4 is 35.2 Å². The number of nitrogens with zero attached hydrogens (tertiary/aromatic N) is 4. The molecule has 3 unspecified atom stereocenters. The number of aliphatic hydroxyl groups excluding tert-OH is 1. The second-order valence-electron chi connectivity index (χ2n) is 10.3. The number of fused-ring (bicyclic) bond motifs is 2. The molecular weight excluding hydrogens is 518 g/mol. The predicted molar refractivity (Wildman–Crippen MR) is 146 cm³/mol. The third-order valence-electron chi connectivity index (χ3n) is 7.80. The van der Waals surface area contributed by atoms with Crippen LogP contribution in [0.5, 0.6) is 0 Å². The molecule has 39 heavy (non-hydrogen) atoms. The lowest BCUT2D eigenvalue weighted by molar-refractivity contribution is -0.177. The lowest BCUT2D eigenvalue weighted by atomic mass is 9.91. The van der Waals surface area contributed by atoms with Gasteiger partial charge in [-0.05, 0) is 49.4 Å². The van der Waals surface area contributed by atoms with Crippen molar-refractivity contribution in [1.29, 1.82) is 0 Å². The summed E-state index contributed by atoms with van der Waals surface area (Å²) < 4.78 is 5.98. The normalized spacial score (nSPS) is 24.9. The first-order valence-corrected chi connectivity index (χ1v) is 14.6. The fourth-order valence-corrected chi connectivity index (χ4v) is 6.58. The fraction of sp³-hybridized carbons (Fsp3) is 0.500. The highest BCUT2D eigenvalue weighted by Crippen LogP contribution is 2.32. The van der Waals surface area contributed by atoms with Gasteiger partial charge >= 0.3 is 5.97 Å². The summed E-state index contributed by atoms with van der Waals surface area (Å²) in [6.07, 6.45) is 7.02. The summed E-state index contributed by atoms with van der Waals surface area (Å²) in [5.41, 5.74) is 1.01. The Morgan fingerprint density at radius 3 is 2.59 bits per heavy atom. The zero-order valence-electron chi connectivity index (χ0n) is 21.9. The van der Waals surface area contributed by atoms with Gasteiger partial charge in [0.1, 0.15) is 6.04 Å². The van der Waals surface area contributed by atoms with E-state index < -0.39 is 30.4 Å². The molecule has 2 aromatic rings. The van der Waals surface area contributed by atoms with E-state index in [-0.39, 0.29) is 24.1 Å². The molecule has 0 spiro atoms. The van der Waals surface area contributed by atoms with Gasteiger partial charge in [0.2, 0.25) is 5.91 Å². The number of hydrazine groups is 1. The third kappa shape index (κ3) is 6.11. The largest absolute Gasteiger partial charge is 0.445 e.